The zero-order valence-electron chi connectivity index (χ0n) is 17.0. The van der Waals surface area contributed by atoms with Crippen molar-refractivity contribution in [2.24, 2.45) is 0 Å². The minimum atomic E-state index is -4.49. The van der Waals surface area contributed by atoms with Crippen molar-refractivity contribution >= 4 is 5.65 Å². The third-order valence-electron chi connectivity index (χ3n) is 5.43. The Labute approximate surface area is 172 Å². The molecule has 1 atom stereocenters. The van der Waals surface area contributed by atoms with Gasteiger partial charge >= 0.3 is 6.18 Å². The quantitative estimate of drug-likeness (QED) is 0.623. The number of ether oxygens (including phenoxy) is 2. The summed E-state index contributed by atoms with van der Waals surface area (Å²) in [4.78, 5) is 6.47. The Morgan fingerprint density at radius 1 is 1.17 bits per heavy atom. The van der Waals surface area contributed by atoms with Gasteiger partial charge in [-0.2, -0.15) is 18.3 Å². The third kappa shape index (κ3) is 3.81. The van der Waals surface area contributed by atoms with Gasteiger partial charge < -0.3 is 9.47 Å². The summed E-state index contributed by atoms with van der Waals surface area (Å²) < 4.78 is 52.0. The van der Waals surface area contributed by atoms with Crippen molar-refractivity contribution in [1.29, 1.82) is 0 Å². The van der Waals surface area contributed by atoms with Crippen molar-refractivity contribution in [2.45, 2.75) is 32.0 Å². The summed E-state index contributed by atoms with van der Waals surface area (Å²) in [7, 11) is 3.21. The van der Waals surface area contributed by atoms with E-state index in [0.29, 0.717) is 36.0 Å². The first-order valence-corrected chi connectivity index (χ1v) is 9.67. The zero-order chi connectivity index (χ0) is 21.5. The summed E-state index contributed by atoms with van der Waals surface area (Å²) >= 11 is 0. The fraction of sp³-hybridized carbons (Fsp3) is 0.429. The fourth-order valence-corrected chi connectivity index (χ4v) is 4.06. The van der Waals surface area contributed by atoms with Crippen LogP contribution >= 0.6 is 0 Å². The second-order valence-electron chi connectivity index (χ2n) is 7.49. The maximum absolute atomic E-state index is 13.4. The number of methoxy groups -OCH3 is 2. The van der Waals surface area contributed by atoms with Crippen LogP contribution in [0.5, 0.6) is 11.5 Å². The second-order valence-corrected chi connectivity index (χ2v) is 7.49. The van der Waals surface area contributed by atoms with Gasteiger partial charge in [-0.05, 0) is 32.0 Å². The molecule has 6 nitrogen and oxygen atoms in total. The van der Waals surface area contributed by atoms with Gasteiger partial charge in [-0.15, -0.1) is 0 Å². The molecule has 3 aromatic rings. The van der Waals surface area contributed by atoms with E-state index < -0.39 is 11.9 Å². The molecule has 4 rings (SSSR count). The van der Waals surface area contributed by atoms with Crippen LogP contribution < -0.4 is 9.47 Å². The van der Waals surface area contributed by atoms with E-state index in [2.05, 4.69) is 15.0 Å². The summed E-state index contributed by atoms with van der Waals surface area (Å²) in [5, 5.41) is 4.27. The van der Waals surface area contributed by atoms with Crippen LogP contribution in [0, 0.1) is 6.92 Å². The first-order chi connectivity index (χ1) is 14.3. The molecule has 2 aromatic heterocycles. The van der Waals surface area contributed by atoms with Crippen LogP contribution in [0.3, 0.4) is 0 Å². The topological polar surface area (TPSA) is 51.9 Å². The summed E-state index contributed by atoms with van der Waals surface area (Å²) in [6, 6.07) is 8.45. The molecule has 0 aliphatic carbocycles. The van der Waals surface area contributed by atoms with Gasteiger partial charge in [0.25, 0.3) is 0 Å². The first-order valence-electron chi connectivity index (χ1n) is 9.67. The lowest BCUT2D eigenvalue weighted by Gasteiger charge is -2.19. The highest BCUT2D eigenvalue weighted by atomic mass is 19.4. The molecule has 1 saturated heterocycles. The van der Waals surface area contributed by atoms with Crippen molar-refractivity contribution in [3.63, 3.8) is 0 Å². The maximum atomic E-state index is 13.4. The zero-order valence-corrected chi connectivity index (χ0v) is 17.0. The molecule has 3 heterocycles. The normalized spacial score (nSPS) is 17.6. The maximum Gasteiger partial charge on any atom is 0.433 e. The largest absolute Gasteiger partial charge is 0.493 e. The number of aryl methyl sites for hydroxylation is 1. The number of alkyl halides is 3. The number of aromatic nitrogens is 3. The van der Waals surface area contributed by atoms with Crippen molar-refractivity contribution in [3.8, 4) is 11.5 Å². The molecular weight excluding hydrogens is 397 g/mol. The van der Waals surface area contributed by atoms with Crippen molar-refractivity contribution in [3.05, 3.63) is 53.0 Å². The van der Waals surface area contributed by atoms with Gasteiger partial charge in [-0.25, -0.2) is 9.50 Å². The smallest absolute Gasteiger partial charge is 0.433 e. The summed E-state index contributed by atoms with van der Waals surface area (Å²) in [5.74, 6) is 1.42. The number of likely N-dealkylation sites (tertiary alicyclic amines) is 1. The van der Waals surface area contributed by atoms with Crippen LogP contribution in [0.4, 0.5) is 13.2 Å². The number of fused-ring (bicyclic) bond motifs is 1. The number of para-hydroxylation sites is 1. The SMILES string of the molecule is COc1cccc(CN2CC[C@@H](c3cc4nc(C)cc(C(F)(F)F)n4n3)C2)c1OC. The van der Waals surface area contributed by atoms with Crippen LogP contribution in [-0.2, 0) is 12.7 Å². The molecule has 1 fully saturated rings. The lowest BCUT2D eigenvalue weighted by molar-refractivity contribution is -0.142. The number of hydrogen-bond donors (Lipinski definition) is 0. The second kappa shape index (κ2) is 7.79. The van der Waals surface area contributed by atoms with E-state index in [9.17, 15) is 13.2 Å². The Hall–Kier alpha value is -2.81. The summed E-state index contributed by atoms with van der Waals surface area (Å²) in [6.07, 6.45) is -3.67. The van der Waals surface area contributed by atoms with Gasteiger partial charge in [0.05, 0.1) is 19.9 Å². The monoisotopic (exact) mass is 420 g/mol. The van der Waals surface area contributed by atoms with Crippen LogP contribution in [0.25, 0.3) is 5.65 Å². The third-order valence-corrected chi connectivity index (χ3v) is 5.43. The van der Waals surface area contributed by atoms with E-state index in [1.165, 1.54) is 0 Å². The molecule has 1 aliphatic rings. The Balaban J connectivity index is 1.56. The van der Waals surface area contributed by atoms with E-state index in [1.54, 1.807) is 27.2 Å². The molecule has 0 bridgehead atoms. The molecule has 0 unspecified atom stereocenters. The van der Waals surface area contributed by atoms with E-state index in [-0.39, 0.29) is 11.6 Å². The molecule has 30 heavy (non-hydrogen) atoms. The molecule has 1 aliphatic heterocycles. The number of rotatable bonds is 5. The summed E-state index contributed by atoms with van der Waals surface area (Å²) in [6.45, 7) is 3.73. The van der Waals surface area contributed by atoms with Gasteiger partial charge in [0.1, 0.15) is 5.69 Å². The Morgan fingerprint density at radius 3 is 2.67 bits per heavy atom. The van der Waals surface area contributed by atoms with Gasteiger partial charge in [-0.1, -0.05) is 12.1 Å². The number of nitrogens with zero attached hydrogens (tertiary/aromatic N) is 4. The van der Waals surface area contributed by atoms with Crippen molar-refractivity contribution < 1.29 is 22.6 Å². The van der Waals surface area contributed by atoms with Crippen LogP contribution in [-0.4, -0.2) is 46.8 Å². The van der Waals surface area contributed by atoms with Gasteiger partial charge in [0.15, 0.2) is 17.1 Å². The lowest BCUT2D eigenvalue weighted by atomic mass is 10.1. The average molecular weight is 420 g/mol. The molecule has 0 spiro atoms. The van der Waals surface area contributed by atoms with Gasteiger partial charge in [0.2, 0.25) is 0 Å². The molecule has 1 aromatic carbocycles. The minimum Gasteiger partial charge on any atom is -0.493 e. The number of benzene rings is 1. The molecule has 9 heteroatoms. The Kier molecular flexibility index (Phi) is 5.31. The van der Waals surface area contributed by atoms with Crippen LogP contribution in [0.2, 0.25) is 0 Å². The van der Waals surface area contributed by atoms with Crippen molar-refractivity contribution in [1.82, 2.24) is 19.5 Å². The first kappa shape index (κ1) is 20.5. The number of halogens is 3. The highest BCUT2D eigenvalue weighted by molar-refractivity contribution is 5.47. The standard InChI is InChI=1S/C21H23F3N4O2/c1-13-9-18(21(22,23)24)28-19(25-13)10-16(26-28)14-7-8-27(11-14)12-15-5-4-6-17(29-2)20(15)30-3/h4-6,9-10,14H,7-8,11-12H2,1-3H3/t14-/m1/s1. The van der Waals surface area contributed by atoms with Crippen LogP contribution in [0.1, 0.15) is 35.0 Å². The molecule has 0 amide bonds. The molecule has 0 N–H and O–H groups in total. The number of hydrogen-bond acceptors (Lipinski definition) is 5. The highest BCUT2D eigenvalue weighted by Crippen LogP contribution is 2.35. The highest BCUT2D eigenvalue weighted by Gasteiger charge is 2.35. The Bertz CT molecular complexity index is 1060. The van der Waals surface area contributed by atoms with E-state index in [4.69, 9.17) is 9.47 Å². The molecule has 0 saturated carbocycles. The van der Waals surface area contributed by atoms with E-state index >= 15 is 0 Å². The lowest BCUT2D eigenvalue weighted by Crippen LogP contribution is -2.20. The predicted octanol–water partition coefficient (Wildman–Crippen LogP) is 4.06. The van der Waals surface area contributed by atoms with E-state index in [0.717, 1.165) is 29.1 Å². The van der Waals surface area contributed by atoms with Crippen LogP contribution in [0.15, 0.2) is 30.3 Å². The fourth-order valence-electron chi connectivity index (χ4n) is 4.06. The minimum absolute atomic E-state index is 0.0460. The summed E-state index contributed by atoms with van der Waals surface area (Å²) in [5.41, 5.74) is 1.39. The average Bonchev–Trinajstić information content (AvgIpc) is 3.33. The predicted molar refractivity (Wildman–Crippen MR) is 105 cm³/mol. The molecule has 160 valence electrons. The van der Waals surface area contributed by atoms with Gasteiger partial charge in [-0.3, -0.25) is 4.90 Å². The molecule has 0 radical (unpaired) electrons. The Morgan fingerprint density at radius 2 is 1.97 bits per heavy atom. The van der Waals surface area contributed by atoms with E-state index in [1.807, 2.05) is 18.2 Å². The van der Waals surface area contributed by atoms with Gasteiger partial charge in [0, 0.05) is 36.3 Å². The molecular formula is C21H23F3N4O2. The van der Waals surface area contributed by atoms with Crippen molar-refractivity contribution in [2.75, 3.05) is 27.3 Å².